The quantitative estimate of drug-likeness (QED) is 0.841. The summed E-state index contributed by atoms with van der Waals surface area (Å²) in [5.74, 6) is -0.199. The number of aromatic hydroxyl groups is 1. The maximum Gasteiger partial charge on any atom is 0.252 e. The van der Waals surface area contributed by atoms with Crippen LogP contribution < -0.4 is 5.32 Å². The molecule has 19 heavy (non-hydrogen) atoms. The number of phenols is 1. The first-order valence-corrected chi connectivity index (χ1v) is 7.00. The molecule has 2 rings (SSSR count). The van der Waals surface area contributed by atoms with Crippen LogP contribution in [0.1, 0.15) is 30.1 Å². The van der Waals surface area contributed by atoms with Crippen LogP contribution in [0.5, 0.6) is 5.75 Å². The number of amides is 1. The lowest BCUT2D eigenvalue weighted by Crippen LogP contribution is -2.36. The van der Waals surface area contributed by atoms with Crippen molar-refractivity contribution in [2.24, 2.45) is 0 Å². The van der Waals surface area contributed by atoms with E-state index in [1.54, 1.807) is 0 Å². The first-order chi connectivity index (χ1) is 9.11. The third kappa shape index (κ3) is 3.85. The molecule has 1 aliphatic rings. The first kappa shape index (κ1) is 14.2. The molecule has 0 unspecified atom stereocenters. The van der Waals surface area contributed by atoms with Crippen molar-refractivity contribution in [3.63, 3.8) is 0 Å². The van der Waals surface area contributed by atoms with Crippen molar-refractivity contribution in [2.75, 3.05) is 19.6 Å². The standard InChI is InChI=1S/C14H19ClN2O2/c1-2-17(10-3-4-10)8-7-16-14(19)12-9-11(18)5-6-13(12)15/h5-6,9-10,18H,2-4,7-8H2,1H3,(H,16,19). The van der Waals surface area contributed by atoms with Crippen LogP contribution in [-0.2, 0) is 0 Å². The van der Waals surface area contributed by atoms with Crippen molar-refractivity contribution in [2.45, 2.75) is 25.8 Å². The summed E-state index contributed by atoms with van der Waals surface area (Å²) in [7, 11) is 0. The van der Waals surface area contributed by atoms with Gasteiger partial charge in [0.1, 0.15) is 5.75 Å². The number of halogens is 1. The molecular weight excluding hydrogens is 264 g/mol. The molecule has 5 heteroatoms. The first-order valence-electron chi connectivity index (χ1n) is 6.62. The van der Waals surface area contributed by atoms with E-state index in [9.17, 15) is 9.90 Å². The van der Waals surface area contributed by atoms with Crippen molar-refractivity contribution in [3.8, 4) is 5.75 Å². The second kappa shape index (κ2) is 6.26. The van der Waals surface area contributed by atoms with Crippen molar-refractivity contribution in [3.05, 3.63) is 28.8 Å². The molecule has 1 amide bonds. The molecule has 4 nitrogen and oxygen atoms in total. The lowest BCUT2D eigenvalue weighted by atomic mass is 10.2. The minimum Gasteiger partial charge on any atom is -0.508 e. The summed E-state index contributed by atoms with van der Waals surface area (Å²) < 4.78 is 0. The predicted octanol–water partition coefficient (Wildman–Crippen LogP) is 2.26. The highest BCUT2D eigenvalue weighted by molar-refractivity contribution is 6.33. The molecule has 0 radical (unpaired) electrons. The van der Waals surface area contributed by atoms with E-state index in [0.717, 1.165) is 13.1 Å². The Bertz CT molecular complexity index is 461. The monoisotopic (exact) mass is 282 g/mol. The molecule has 1 saturated carbocycles. The van der Waals surface area contributed by atoms with Crippen LogP contribution in [-0.4, -0.2) is 41.6 Å². The lowest BCUT2D eigenvalue weighted by molar-refractivity contribution is 0.0947. The molecule has 2 N–H and O–H groups in total. The number of phenolic OH excluding ortho intramolecular Hbond substituents is 1. The summed E-state index contributed by atoms with van der Waals surface area (Å²) in [6.45, 7) is 4.58. The molecule has 0 aromatic heterocycles. The third-order valence-corrected chi connectivity index (χ3v) is 3.68. The van der Waals surface area contributed by atoms with Gasteiger partial charge in [-0.3, -0.25) is 9.69 Å². The Morgan fingerprint density at radius 3 is 2.89 bits per heavy atom. The second-order valence-corrected chi connectivity index (χ2v) is 5.19. The van der Waals surface area contributed by atoms with Crippen molar-refractivity contribution in [1.29, 1.82) is 0 Å². The van der Waals surface area contributed by atoms with Crippen LogP contribution >= 0.6 is 11.6 Å². The van der Waals surface area contributed by atoms with Gasteiger partial charge < -0.3 is 10.4 Å². The number of benzene rings is 1. The van der Waals surface area contributed by atoms with E-state index in [2.05, 4.69) is 17.1 Å². The summed E-state index contributed by atoms with van der Waals surface area (Å²) >= 11 is 5.94. The van der Waals surface area contributed by atoms with E-state index in [-0.39, 0.29) is 11.7 Å². The van der Waals surface area contributed by atoms with Crippen LogP contribution in [0.15, 0.2) is 18.2 Å². The van der Waals surface area contributed by atoms with Crippen LogP contribution in [0.4, 0.5) is 0 Å². The predicted molar refractivity (Wildman–Crippen MR) is 75.7 cm³/mol. The zero-order valence-electron chi connectivity index (χ0n) is 11.0. The fraction of sp³-hybridized carbons (Fsp3) is 0.500. The average molecular weight is 283 g/mol. The highest BCUT2D eigenvalue weighted by atomic mass is 35.5. The van der Waals surface area contributed by atoms with Gasteiger partial charge in [0, 0.05) is 19.1 Å². The van der Waals surface area contributed by atoms with E-state index in [0.29, 0.717) is 23.2 Å². The average Bonchev–Trinajstić information content (AvgIpc) is 3.21. The second-order valence-electron chi connectivity index (χ2n) is 4.78. The van der Waals surface area contributed by atoms with Gasteiger partial charge in [-0.25, -0.2) is 0 Å². The number of carbonyl (C=O) groups is 1. The molecule has 0 saturated heterocycles. The lowest BCUT2D eigenvalue weighted by Gasteiger charge is -2.19. The van der Waals surface area contributed by atoms with Crippen molar-refractivity contribution in [1.82, 2.24) is 10.2 Å². The maximum absolute atomic E-state index is 11.9. The summed E-state index contributed by atoms with van der Waals surface area (Å²) in [6.07, 6.45) is 2.53. The molecule has 0 spiro atoms. The molecule has 0 aliphatic heterocycles. The van der Waals surface area contributed by atoms with E-state index in [4.69, 9.17) is 11.6 Å². The Labute approximate surface area is 118 Å². The normalized spacial score (nSPS) is 14.7. The molecule has 1 aliphatic carbocycles. The SMILES string of the molecule is CCN(CCNC(=O)c1cc(O)ccc1Cl)C1CC1. The summed E-state index contributed by atoms with van der Waals surface area (Å²) in [4.78, 5) is 14.3. The van der Waals surface area contributed by atoms with Gasteiger partial charge >= 0.3 is 0 Å². The van der Waals surface area contributed by atoms with E-state index in [1.807, 2.05) is 0 Å². The van der Waals surface area contributed by atoms with Gasteiger partial charge in [-0.05, 0) is 37.6 Å². The van der Waals surface area contributed by atoms with Gasteiger partial charge in [-0.1, -0.05) is 18.5 Å². The van der Waals surface area contributed by atoms with Crippen molar-refractivity contribution < 1.29 is 9.90 Å². The highest BCUT2D eigenvalue weighted by Crippen LogP contribution is 2.26. The van der Waals surface area contributed by atoms with Gasteiger partial charge in [-0.15, -0.1) is 0 Å². The largest absolute Gasteiger partial charge is 0.508 e. The number of likely N-dealkylation sites (N-methyl/N-ethyl adjacent to an activating group) is 1. The van der Waals surface area contributed by atoms with Gasteiger partial charge in [0.2, 0.25) is 0 Å². The fourth-order valence-electron chi connectivity index (χ4n) is 2.13. The van der Waals surface area contributed by atoms with Crippen LogP contribution in [0.2, 0.25) is 5.02 Å². The minimum atomic E-state index is -0.243. The summed E-state index contributed by atoms with van der Waals surface area (Å²) in [5, 5.41) is 12.6. The minimum absolute atomic E-state index is 0.0442. The zero-order chi connectivity index (χ0) is 13.8. The van der Waals surface area contributed by atoms with Crippen LogP contribution in [0.25, 0.3) is 0 Å². The molecule has 104 valence electrons. The number of carbonyl (C=O) groups excluding carboxylic acids is 1. The summed E-state index contributed by atoms with van der Waals surface area (Å²) in [6, 6.07) is 5.07. The number of hydrogen-bond donors (Lipinski definition) is 2. The molecule has 0 atom stereocenters. The smallest absolute Gasteiger partial charge is 0.252 e. The van der Waals surface area contributed by atoms with Crippen molar-refractivity contribution >= 4 is 17.5 Å². The maximum atomic E-state index is 11.9. The van der Waals surface area contributed by atoms with Gasteiger partial charge in [0.15, 0.2) is 0 Å². The third-order valence-electron chi connectivity index (χ3n) is 3.35. The van der Waals surface area contributed by atoms with E-state index >= 15 is 0 Å². The Morgan fingerprint density at radius 2 is 2.26 bits per heavy atom. The topological polar surface area (TPSA) is 52.6 Å². The number of nitrogens with one attached hydrogen (secondary N) is 1. The Kier molecular flexibility index (Phi) is 4.66. The molecule has 1 fully saturated rings. The van der Waals surface area contributed by atoms with Crippen LogP contribution in [0.3, 0.4) is 0 Å². The molecular formula is C14H19ClN2O2. The van der Waals surface area contributed by atoms with Gasteiger partial charge in [0.25, 0.3) is 5.91 Å². The Morgan fingerprint density at radius 1 is 1.53 bits per heavy atom. The Hall–Kier alpha value is -1.26. The molecule has 1 aromatic carbocycles. The Balaban J connectivity index is 1.85. The van der Waals surface area contributed by atoms with E-state index in [1.165, 1.54) is 31.0 Å². The number of hydrogen-bond acceptors (Lipinski definition) is 3. The zero-order valence-corrected chi connectivity index (χ0v) is 11.8. The fourth-order valence-corrected chi connectivity index (χ4v) is 2.34. The van der Waals surface area contributed by atoms with E-state index < -0.39 is 0 Å². The molecule has 0 heterocycles. The number of nitrogens with zero attached hydrogens (tertiary/aromatic N) is 1. The van der Waals surface area contributed by atoms with Gasteiger partial charge in [0.05, 0.1) is 10.6 Å². The highest BCUT2D eigenvalue weighted by Gasteiger charge is 2.27. The molecule has 1 aromatic rings. The van der Waals surface area contributed by atoms with Gasteiger partial charge in [-0.2, -0.15) is 0 Å². The summed E-state index contributed by atoms with van der Waals surface area (Å²) in [5.41, 5.74) is 0.316. The number of rotatable bonds is 6. The van der Waals surface area contributed by atoms with Crippen LogP contribution in [0, 0.1) is 0 Å². The molecule has 0 bridgehead atoms.